The van der Waals surface area contributed by atoms with E-state index < -0.39 is 5.97 Å². The SMILES string of the molecule is O=C(O)c1cnc(NCc2cccc(NC(=O)C3CCCC3)c2)cn1. The van der Waals surface area contributed by atoms with E-state index in [2.05, 4.69) is 20.6 Å². The highest BCUT2D eigenvalue weighted by atomic mass is 16.4. The standard InChI is InChI=1S/C18H20N4O3/c23-17(13-5-1-2-6-13)22-14-7-3-4-12(8-14)9-20-16-11-19-15(10-21-16)18(24)25/h3-4,7-8,10-11,13H,1-2,5-6,9H2,(H,20,21)(H,22,23)(H,24,25). The van der Waals surface area contributed by atoms with Crippen LogP contribution in [0, 0.1) is 5.92 Å². The van der Waals surface area contributed by atoms with Gasteiger partial charge in [-0.2, -0.15) is 0 Å². The number of nitrogens with one attached hydrogen (secondary N) is 2. The Hall–Kier alpha value is -2.96. The van der Waals surface area contributed by atoms with Gasteiger partial charge in [0.2, 0.25) is 5.91 Å². The van der Waals surface area contributed by atoms with Gasteiger partial charge in [-0.15, -0.1) is 0 Å². The van der Waals surface area contributed by atoms with Crippen LogP contribution < -0.4 is 10.6 Å². The number of carboxylic acid groups (broad SMARTS) is 1. The number of benzene rings is 1. The van der Waals surface area contributed by atoms with Crippen LogP contribution in [-0.2, 0) is 11.3 Å². The quantitative estimate of drug-likeness (QED) is 0.747. The van der Waals surface area contributed by atoms with Gasteiger partial charge in [0.25, 0.3) is 0 Å². The van der Waals surface area contributed by atoms with E-state index in [9.17, 15) is 9.59 Å². The van der Waals surface area contributed by atoms with Crippen molar-refractivity contribution in [1.29, 1.82) is 0 Å². The highest BCUT2D eigenvalue weighted by Gasteiger charge is 2.22. The second-order valence-corrected chi connectivity index (χ2v) is 6.12. The summed E-state index contributed by atoms with van der Waals surface area (Å²) in [6.07, 6.45) is 6.79. The fourth-order valence-corrected chi connectivity index (χ4v) is 2.91. The van der Waals surface area contributed by atoms with E-state index in [4.69, 9.17) is 5.11 Å². The molecule has 1 saturated carbocycles. The number of nitrogens with zero attached hydrogens (tertiary/aromatic N) is 2. The molecule has 1 heterocycles. The number of anilines is 2. The molecular formula is C18H20N4O3. The molecule has 1 aromatic carbocycles. The predicted molar refractivity (Wildman–Crippen MR) is 93.3 cm³/mol. The Kier molecular flexibility index (Phi) is 5.23. The maximum Gasteiger partial charge on any atom is 0.356 e. The molecule has 1 aliphatic carbocycles. The van der Waals surface area contributed by atoms with Crippen molar-refractivity contribution < 1.29 is 14.7 Å². The van der Waals surface area contributed by atoms with Gasteiger partial charge in [-0.3, -0.25) is 4.79 Å². The van der Waals surface area contributed by atoms with Gasteiger partial charge in [0.05, 0.1) is 12.4 Å². The number of hydrogen-bond acceptors (Lipinski definition) is 5. The zero-order chi connectivity index (χ0) is 17.6. The maximum atomic E-state index is 12.2. The summed E-state index contributed by atoms with van der Waals surface area (Å²) in [7, 11) is 0. The summed E-state index contributed by atoms with van der Waals surface area (Å²) >= 11 is 0. The molecule has 130 valence electrons. The number of hydrogen-bond donors (Lipinski definition) is 3. The van der Waals surface area contributed by atoms with E-state index in [1.165, 1.54) is 12.4 Å². The Balaban J connectivity index is 1.57. The smallest absolute Gasteiger partial charge is 0.356 e. The molecular weight excluding hydrogens is 320 g/mol. The van der Waals surface area contributed by atoms with E-state index in [-0.39, 0.29) is 17.5 Å². The van der Waals surface area contributed by atoms with Crippen LogP contribution in [0.15, 0.2) is 36.7 Å². The molecule has 1 fully saturated rings. The first-order valence-corrected chi connectivity index (χ1v) is 8.31. The van der Waals surface area contributed by atoms with Gasteiger partial charge in [-0.05, 0) is 30.5 Å². The van der Waals surface area contributed by atoms with Crippen molar-refractivity contribution in [2.45, 2.75) is 32.2 Å². The molecule has 0 saturated heterocycles. The van der Waals surface area contributed by atoms with Crippen molar-refractivity contribution in [2.75, 3.05) is 10.6 Å². The van der Waals surface area contributed by atoms with E-state index >= 15 is 0 Å². The summed E-state index contributed by atoms with van der Waals surface area (Å²) in [4.78, 5) is 30.8. The first-order valence-electron chi connectivity index (χ1n) is 8.31. The lowest BCUT2D eigenvalue weighted by Gasteiger charge is -2.12. The van der Waals surface area contributed by atoms with Crippen LogP contribution in [0.25, 0.3) is 0 Å². The Morgan fingerprint density at radius 3 is 2.64 bits per heavy atom. The van der Waals surface area contributed by atoms with E-state index in [1.54, 1.807) is 0 Å². The fourth-order valence-electron chi connectivity index (χ4n) is 2.91. The summed E-state index contributed by atoms with van der Waals surface area (Å²) in [5.74, 6) is -0.391. The average Bonchev–Trinajstić information content (AvgIpc) is 3.15. The van der Waals surface area contributed by atoms with Gasteiger partial charge in [0, 0.05) is 18.2 Å². The second kappa shape index (κ2) is 7.74. The highest BCUT2D eigenvalue weighted by molar-refractivity contribution is 5.92. The number of carboxylic acids is 1. The van der Waals surface area contributed by atoms with Crippen LogP contribution in [0.2, 0.25) is 0 Å². The van der Waals surface area contributed by atoms with Crippen molar-refractivity contribution in [2.24, 2.45) is 5.92 Å². The summed E-state index contributed by atoms with van der Waals surface area (Å²) in [6.45, 7) is 0.494. The molecule has 25 heavy (non-hydrogen) atoms. The summed E-state index contributed by atoms with van der Waals surface area (Å²) in [6, 6.07) is 7.62. The number of amides is 1. The van der Waals surface area contributed by atoms with Crippen LogP contribution in [0.3, 0.4) is 0 Å². The number of aromatic nitrogens is 2. The van der Waals surface area contributed by atoms with Crippen LogP contribution in [-0.4, -0.2) is 27.0 Å². The molecule has 0 spiro atoms. The minimum atomic E-state index is -1.11. The molecule has 3 N–H and O–H groups in total. The largest absolute Gasteiger partial charge is 0.476 e. The van der Waals surface area contributed by atoms with E-state index in [0.717, 1.165) is 36.9 Å². The zero-order valence-electron chi connectivity index (χ0n) is 13.7. The van der Waals surface area contributed by atoms with Crippen molar-refractivity contribution in [3.05, 3.63) is 47.9 Å². The molecule has 1 amide bonds. The van der Waals surface area contributed by atoms with Crippen molar-refractivity contribution in [3.63, 3.8) is 0 Å². The van der Waals surface area contributed by atoms with Crippen molar-refractivity contribution in [1.82, 2.24) is 9.97 Å². The van der Waals surface area contributed by atoms with E-state index in [1.807, 2.05) is 24.3 Å². The van der Waals surface area contributed by atoms with Crippen LogP contribution >= 0.6 is 0 Å². The molecule has 0 aliphatic heterocycles. The van der Waals surface area contributed by atoms with E-state index in [0.29, 0.717) is 12.4 Å². The average molecular weight is 340 g/mol. The number of carbonyl (C=O) groups is 2. The van der Waals surface area contributed by atoms with Gasteiger partial charge in [0.15, 0.2) is 5.69 Å². The molecule has 0 radical (unpaired) electrons. The fraction of sp³-hybridized carbons (Fsp3) is 0.333. The minimum Gasteiger partial charge on any atom is -0.476 e. The zero-order valence-corrected chi connectivity index (χ0v) is 13.7. The third kappa shape index (κ3) is 4.53. The first-order chi connectivity index (χ1) is 12.1. The topological polar surface area (TPSA) is 104 Å². The summed E-state index contributed by atoms with van der Waals surface area (Å²) < 4.78 is 0. The highest BCUT2D eigenvalue weighted by Crippen LogP contribution is 2.26. The summed E-state index contributed by atoms with van der Waals surface area (Å²) in [5.41, 5.74) is 1.67. The molecule has 7 heteroatoms. The molecule has 0 unspecified atom stereocenters. The normalized spacial score (nSPS) is 14.2. The molecule has 0 bridgehead atoms. The Labute approximate surface area is 145 Å². The van der Waals surface area contributed by atoms with Gasteiger partial charge >= 0.3 is 5.97 Å². The summed E-state index contributed by atoms with van der Waals surface area (Å²) in [5, 5.41) is 14.9. The number of aromatic carboxylic acids is 1. The van der Waals surface area contributed by atoms with Crippen LogP contribution in [0.1, 0.15) is 41.7 Å². The van der Waals surface area contributed by atoms with Gasteiger partial charge in [-0.1, -0.05) is 25.0 Å². The number of rotatable bonds is 6. The Bertz CT molecular complexity index is 755. The van der Waals surface area contributed by atoms with Crippen molar-refractivity contribution >= 4 is 23.4 Å². The molecule has 7 nitrogen and oxygen atoms in total. The van der Waals surface area contributed by atoms with Crippen molar-refractivity contribution in [3.8, 4) is 0 Å². The molecule has 0 atom stereocenters. The number of carbonyl (C=O) groups excluding carboxylic acids is 1. The van der Waals surface area contributed by atoms with Crippen LogP contribution in [0.4, 0.5) is 11.5 Å². The third-order valence-electron chi connectivity index (χ3n) is 4.27. The minimum absolute atomic E-state index is 0.0951. The Morgan fingerprint density at radius 1 is 1.16 bits per heavy atom. The maximum absolute atomic E-state index is 12.2. The Morgan fingerprint density at radius 2 is 1.96 bits per heavy atom. The van der Waals surface area contributed by atoms with Gasteiger partial charge < -0.3 is 15.7 Å². The monoisotopic (exact) mass is 340 g/mol. The molecule has 2 aromatic rings. The first kappa shape index (κ1) is 16.9. The molecule has 1 aromatic heterocycles. The third-order valence-corrected chi connectivity index (χ3v) is 4.27. The molecule has 1 aliphatic rings. The predicted octanol–water partition coefficient (Wildman–Crippen LogP) is 2.92. The lowest BCUT2D eigenvalue weighted by atomic mass is 10.1. The molecule has 3 rings (SSSR count). The lowest BCUT2D eigenvalue weighted by molar-refractivity contribution is -0.119. The van der Waals surface area contributed by atoms with Gasteiger partial charge in [0.1, 0.15) is 5.82 Å². The van der Waals surface area contributed by atoms with Gasteiger partial charge in [-0.25, -0.2) is 14.8 Å². The lowest BCUT2D eigenvalue weighted by Crippen LogP contribution is -2.20. The second-order valence-electron chi connectivity index (χ2n) is 6.12. The van der Waals surface area contributed by atoms with Crippen LogP contribution in [0.5, 0.6) is 0 Å².